The van der Waals surface area contributed by atoms with Gasteiger partial charge < -0.3 is 20.5 Å². The predicted molar refractivity (Wildman–Crippen MR) is 74.4 cm³/mol. The number of nitrogens with zero attached hydrogens (tertiary/aromatic N) is 3. The topological polar surface area (TPSA) is 93.6 Å². The molecule has 1 aromatic heterocycles. The highest BCUT2D eigenvalue weighted by molar-refractivity contribution is 5.98. The van der Waals surface area contributed by atoms with Crippen molar-refractivity contribution in [3.8, 4) is 0 Å². The molecular formula is C13H22N4O3. The van der Waals surface area contributed by atoms with Crippen molar-refractivity contribution < 1.29 is 14.6 Å². The number of carbonyl (C=O) groups excluding carboxylic acids is 1. The Morgan fingerprint density at radius 2 is 2.30 bits per heavy atom. The zero-order valence-corrected chi connectivity index (χ0v) is 12.2. The van der Waals surface area contributed by atoms with Gasteiger partial charge in [0, 0.05) is 13.1 Å². The Morgan fingerprint density at radius 1 is 1.60 bits per heavy atom. The molecule has 0 aromatic carbocycles. The van der Waals surface area contributed by atoms with Gasteiger partial charge in [0.2, 0.25) is 0 Å². The van der Waals surface area contributed by atoms with E-state index in [4.69, 9.17) is 10.5 Å². The number of amides is 1. The molecule has 2 atom stereocenters. The standard InChI is InChI=1S/C13H22N4O3/c1-4-17-12(11(14)9(3)15-17)13(19)16-5-10(6-18)20-7-8(16)2/h8,10,18H,4-7,14H2,1-3H3. The van der Waals surface area contributed by atoms with Crippen molar-refractivity contribution in [1.82, 2.24) is 14.7 Å². The third-order valence-electron chi connectivity index (χ3n) is 3.65. The molecule has 1 saturated heterocycles. The molecule has 1 aliphatic heterocycles. The average Bonchev–Trinajstić information content (AvgIpc) is 2.74. The molecule has 7 nitrogen and oxygen atoms in total. The fraction of sp³-hybridized carbons (Fsp3) is 0.692. The molecular weight excluding hydrogens is 260 g/mol. The van der Waals surface area contributed by atoms with Gasteiger partial charge in [-0.3, -0.25) is 9.48 Å². The van der Waals surface area contributed by atoms with Crippen LogP contribution in [0.15, 0.2) is 0 Å². The molecule has 2 rings (SSSR count). The highest BCUT2D eigenvalue weighted by atomic mass is 16.5. The number of hydrogen-bond donors (Lipinski definition) is 2. The zero-order chi connectivity index (χ0) is 14.9. The fourth-order valence-corrected chi connectivity index (χ4v) is 2.40. The van der Waals surface area contributed by atoms with Gasteiger partial charge >= 0.3 is 0 Å². The number of aryl methyl sites for hydroxylation is 2. The minimum absolute atomic E-state index is 0.0507. The van der Waals surface area contributed by atoms with Gasteiger partial charge in [-0.05, 0) is 20.8 Å². The number of hydrogen-bond acceptors (Lipinski definition) is 5. The van der Waals surface area contributed by atoms with Crippen LogP contribution in [0.2, 0.25) is 0 Å². The normalized spacial score (nSPS) is 23.1. The Labute approximate surface area is 118 Å². The van der Waals surface area contributed by atoms with Crippen LogP contribution in [0.25, 0.3) is 0 Å². The van der Waals surface area contributed by atoms with E-state index in [0.717, 1.165) is 0 Å². The SMILES string of the molecule is CCn1nc(C)c(N)c1C(=O)N1CC(CO)OCC1C. The quantitative estimate of drug-likeness (QED) is 0.815. The molecule has 1 aromatic rings. The summed E-state index contributed by atoms with van der Waals surface area (Å²) in [6.07, 6.45) is -0.338. The molecule has 3 N–H and O–H groups in total. The Morgan fingerprint density at radius 3 is 2.90 bits per heavy atom. The average molecular weight is 282 g/mol. The molecule has 0 aliphatic carbocycles. The summed E-state index contributed by atoms with van der Waals surface area (Å²) in [6.45, 7) is 6.89. The summed E-state index contributed by atoms with van der Waals surface area (Å²) >= 11 is 0. The van der Waals surface area contributed by atoms with Crippen LogP contribution in [0.5, 0.6) is 0 Å². The second-order valence-electron chi connectivity index (χ2n) is 5.11. The van der Waals surface area contributed by atoms with Crippen LogP contribution >= 0.6 is 0 Å². The lowest BCUT2D eigenvalue weighted by atomic mass is 10.1. The minimum atomic E-state index is -0.338. The van der Waals surface area contributed by atoms with E-state index < -0.39 is 0 Å². The van der Waals surface area contributed by atoms with E-state index in [-0.39, 0.29) is 24.7 Å². The molecule has 1 amide bonds. The van der Waals surface area contributed by atoms with Crippen LogP contribution in [0, 0.1) is 6.92 Å². The monoisotopic (exact) mass is 282 g/mol. The molecule has 112 valence electrons. The molecule has 0 saturated carbocycles. The van der Waals surface area contributed by atoms with Crippen molar-refractivity contribution in [2.45, 2.75) is 39.5 Å². The number of nitrogen functional groups attached to an aromatic ring is 1. The van der Waals surface area contributed by atoms with Crippen LogP contribution < -0.4 is 5.73 Å². The van der Waals surface area contributed by atoms with Gasteiger partial charge in [0.05, 0.1) is 36.7 Å². The second-order valence-corrected chi connectivity index (χ2v) is 5.11. The molecule has 2 heterocycles. The minimum Gasteiger partial charge on any atom is -0.395 e. The first-order chi connectivity index (χ1) is 9.49. The zero-order valence-electron chi connectivity index (χ0n) is 12.2. The second kappa shape index (κ2) is 5.80. The maximum absolute atomic E-state index is 12.7. The van der Waals surface area contributed by atoms with E-state index in [1.807, 2.05) is 13.8 Å². The summed E-state index contributed by atoms with van der Waals surface area (Å²) in [5.74, 6) is -0.154. The van der Waals surface area contributed by atoms with Crippen LogP contribution in [0.1, 0.15) is 30.0 Å². The third-order valence-corrected chi connectivity index (χ3v) is 3.65. The third kappa shape index (κ3) is 2.51. The van der Waals surface area contributed by atoms with Gasteiger partial charge in [0.15, 0.2) is 0 Å². The van der Waals surface area contributed by atoms with E-state index in [9.17, 15) is 9.90 Å². The van der Waals surface area contributed by atoms with Crippen molar-refractivity contribution >= 4 is 11.6 Å². The van der Waals surface area contributed by atoms with Crippen molar-refractivity contribution in [2.24, 2.45) is 0 Å². The maximum Gasteiger partial charge on any atom is 0.274 e. The number of morpholine rings is 1. The first-order valence-corrected chi connectivity index (χ1v) is 6.85. The van der Waals surface area contributed by atoms with Crippen molar-refractivity contribution in [3.63, 3.8) is 0 Å². The maximum atomic E-state index is 12.7. The Hall–Kier alpha value is -1.60. The summed E-state index contributed by atoms with van der Waals surface area (Å²) in [4.78, 5) is 14.4. The van der Waals surface area contributed by atoms with Gasteiger partial charge in [-0.1, -0.05) is 0 Å². The van der Waals surface area contributed by atoms with Crippen LogP contribution in [-0.4, -0.2) is 57.6 Å². The van der Waals surface area contributed by atoms with Gasteiger partial charge in [0.25, 0.3) is 5.91 Å². The molecule has 0 spiro atoms. The van der Waals surface area contributed by atoms with Gasteiger partial charge in [-0.2, -0.15) is 5.10 Å². The lowest BCUT2D eigenvalue weighted by molar-refractivity contribution is -0.0669. The van der Waals surface area contributed by atoms with E-state index in [0.29, 0.717) is 36.8 Å². The molecule has 20 heavy (non-hydrogen) atoms. The molecule has 7 heteroatoms. The summed E-state index contributed by atoms with van der Waals surface area (Å²) in [5.41, 5.74) is 7.50. The van der Waals surface area contributed by atoms with Crippen LogP contribution in [0.3, 0.4) is 0 Å². The van der Waals surface area contributed by atoms with E-state index in [1.165, 1.54) is 0 Å². The Kier molecular flexibility index (Phi) is 4.29. The summed E-state index contributed by atoms with van der Waals surface area (Å²) < 4.78 is 7.08. The molecule has 1 aliphatic rings. The smallest absolute Gasteiger partial charge is 0.274 e. The van der Waals surface area contributed by atoms with Gasteiger partial charge in [0.1, 0.15) is 5.69 Å². The highest BCUT2D eigenvalue weighted by Crippen LogP contribution is 2.22. The van der Waals surface area contributed by atoms with Crippen LogP contribution in [-0.2, 0) is 11.3 Å². The molecule has 0 bridgehead atoms. The number of ether oxygens (including phenoxy) is 1. The highest BCUT2D eigenvalue weighted by Gasteiger charge is 2.33. The number of aromatic nitrogens is 2. The number of rotatable bonds is 3. The van der Waals surface area contributed by atoms with Crippen LogP contribution in [0.4, 0.5) is 5.69 Å². The number of anilines is 1. The number of carbonyl (C=O) groups is 1. The number of nitrogens with two attached hydrogens (primary N) is 1. The first kappa shape index (κ1) is 14.8. The van der Waals surface area contributed by atoms with E-state index in [1.54, 1.807) is 16.5 Å². The van der Waals surface area contributed by atoms with Gasteiger partial charge in [-0.25, -0.2) is 0 Å². The predicted octanol–water partition coefficient (Wildman–Crippen LogP) is 0.0154. The summed E-state index contributed by atoms with van der Waals surface area (Å²) in [7, 11) is 0. The largest absolute Gasteiger partial charge is 0.395 e. The van der Waals surface area contributed by atoms with Crippen molar-refractivity contribution in [3.05, 3.63) is 11.4 Å². The fourth-order valence-electron chi connectivity index (χ4n) is 2.40. The molecule has 0 radical (unpaired) electrons. The van der Waals surface area contributed by atoms with Crippen molar-refractivity contribution in [1.29, 1.82) is 0 Å². The Bertz CT molecular complexity index is 500. The number of aliphatic hydroxyl groups is 1. The first-order valence-electron chi connectivity index (χ1n) is 6.85. The number of aliphatic hydroxyl groups excluding tert-OH is 1. The molecule has 2 unspecified atom stereocenters. The lowest BCUT2D eigenvalue weighted by Gasteiger charge is -2.37. The Balaban J connectivity index is 2.30. The summed E-state index contributed by atoms with van der Waals surface area (Å²) in [5, 5.41) is 13.5. The lowest BCUT2D eigenvalue weighted by Crippen LogP contribution is -2.52. The van der Waals surface area contributed by atoms with E-state index in [2.05, 4.69) is 5.10 Å². The van der Waals surface area contributed by atoms with E-state index >= 15 is 0 Å². The van der Waals surface area contributed by atoms with Gasteiger partial charge in [-0.15, -0.1) is 0 Å². The summed E-state index contributed by atoms with van der Waals surface area (Å²) in [6, 6.07) is -0.0507. The van der Waals surface area contributed by atoms with Crippen molar-refractivity contribution in [2.75, 3.05) is 25.5 Å². The molecule has 1 fully saturated rings.